The van der Waals surface area contributed by atoms with Crippen molar-refractivity contribution in [2.45, 2.75) is 11.3 Å². The van der Waals surface area contributed by atoms with Crippen molar-refractivity contribution in [2.24, 2.45) is 5.73 Å². The van der Waals surface area contributed by atoms with Crippen LogP contribution in [0.4, 0.5) is 5.69 Å². The molecule has 132 valence electrons. The van der Waals surface area contributed by atoms with Crippen LogP contribution in [0.25, 0.3) is 10.6 Å². The summed E-state index contributed by atoms with van der Waals surface area (Å²) < 4.78 is 0. The highest BCUT2D eigenvalue weighted by Gasteiger charge is 2.12. The average molecular weight is 384 g/mol. The van der Waals surface area contributed by atoms with Gasteiger partial charge in [0.25, 0.3) is 0 Å². The van der Waals surface area contributed by atoms with Gasteiger partial charge in [-0.15, -0.1) is 23.1 Å². The number of primary amides is 1. The van der Waals surface area contributed by atoms with Crippen LogP contribution in [0, 0.1) is 0 Å². The number of amides is 2. The number of nitrogens with two attached hydrogens (primary N) is 1. The first-order valence-electron chi connectivity index (χ1n) is 7.76. The molecule has 3 N–H and O–H groups in total. The molecule has 3 rings (SSSR count). The van der Waals surface area contributed by atoms with E-state index in [0.717, 1.165) is 15.5 Å². The summed E-state index contributed by atoms with van der Waals surface area (Å²) in [7, 11) is 0. The standard InChI is InChI=1S/C18H16N4O2S2/c19-16(23)11-25-15-6-2-1-5-14(15)22-17(24)8-13-10-26-18(21-13)12-4-3-7-20-9-12/h1-7,9-10H,8,11H2,(H2,19,23)(H,22,24). The lowest BCUT2D eigenvalue weighted by Gasteiger charge is -2.09. The predicted molar refractivity (Wildman–Crippen MR) is 104 cm³/mol. The van der Waals surface area contributed by atoms with E-state index < -0.39 is 5.91 Å². The van der Waals surface area contributed by atoms with Crippen LogP contribution in [0.1, 0.15) is 5.69 Å². The number of aromatic nitrogens is 2. The van der Waals surface area contributed by atoms with Crippen molar-refractivity contribution in [3.8, 4) is 10.6 Å². The largest absolute Gasteiger partial charge is 0.369 e. The molecule has 0 bridgehead atoms. The molecule has 0 radical (unpaired) electrons. The molecule has 26 heavy (non-hydrogen) atoms. The fourth-order valence-corrected chi connectivity index (χ4v) is 3.77. The second-order valence-corrected chi connectivity index (χ2v) is 7.24. The van der Waals surface area contributed by atoms with E-state index in [1.165, 1.54) is 23.1 Å². The number of thiazole rings is 1. The molecule has 0 saturated carbocycles. The molecule has 1 aromatic carbocycles. The molecule has 0 atom stereocenters. The molecular formula is C18H16N4O2S2. The molecule has 6 nitrogen and oxygen atoms in total. The molecule has 2 amide bonds. The molecule has 0 aliphatic carbocycles. The summed E-state index contributed by atoms with van der Waals surface area (Å²) in [5.41, 5.74) is 7.47. The number of hydrogen-bond acceptors (Lipinski definition) is 6. The van der Waals surface area contributed by atoms with Gasteiger partial charge in [0.15, 0.2) is 0 Å². The number of carbonyl (C=O) groups excluding carboxylic acids is 2. The Hall–Kier alpha value is -2.71. The molecule has 8 heteroatoms. The van der Waals surface area contributed by atoms with Gasteiger partial charge in [-0.05, 0) is 24.3 Å². The van der Waals surface area contributed by atoms with E-state index in [9.17, 15) is 9.59 Å². The van der Waals surface area contributed by atoms with Crippen molar-refractivity contribution in [2.75, 3.05) is 11.1 Å². The van der Waals surface area contributed by atoms with Crippen LogP contribution >= 0.6 is 23.1 Å². The van der Waals surface area contributed by atoms with E-state index in [1.807, 2.05) is 35.7 Å². The van der Waals surface area contributed by atoms with Crippen LogP contribution in [0.3, 0.4) is 0 Å². The fraction of sp³-hybridized carbons (Fsp3) is 0.111. The van der Waals surface area contributed by atoms with Gasteiger partial charge in [-0.25, -0.2) is 4.98 Å². The maximum Gasteiger partial charge on any atom is 0.230 e. The first kappa shape index (κ1) is 18.1. The molecule has 2 aromatic heterocycles. The Kier molecular flexibility index (Phi) is 5.98. The number of nitrogens with one attached hydrogen (secondary N) is 1. The van der Waals surface area contributed by atoms with Crippen LogP contribution < -0.4 is 11.1 Å². The van der Waals surface area contributed by atoms with Gasteiger partial charge in [-0.1, -0.05) is 12.1 Å². The van der Waals surface area contributed by atoms with E-state index in [-0.39, 0.29) is 18.1 Å². The lowest BCUT2D eigenvalue weighted by atomic mass is 10.2. The summed E-state index contributed by atoms with van der Waals surface area (Å²) in [6.07, 6.45) is 3.62. The Labute approximate surface area is 158 Å². The Morgan fingerprint density at radius 1 is 1.19 bits per heavy atom. The summed E-state index contributed by atoms with van der Waals surface area (Å²) in [5.74, 6) is -0.408. The maximum absolute atomic E-state index is 12.4. The summed E-state index contributed by atoms with van der Waals surface area (Å²) >= 11 is 2.77. The minimum Gasteiger partial charge on any atom is -0.369 e. The minimum absolute atomic E-state index is 0.160. The number of rotatable bonds is 7. The number of benzene rings is 1. The van der Waals surface area contributed by atoms with Crippen molar-refractivity contribution in [3.05, 3.63) is 59.9 Å². The first-order valence-corrected chi connectivity index (χ1v) is 9.63. The number of anilines is 1. The van der Waals surface area contributed by atoms with Crippen molar-refractivity contribution >= 4 is 40.6 Å². The van der Waals surface area contributed by atoms with Gasteiger partial charge in [0.2, 0.25) is 11.8 Å². The van der Waals surface area contributed by atoms with E-state index in [1.54, 1.807) is 18.5 Å². The molecule has 2 heterocycles. The van der Waals surface area contributed by atoms with Crippen LogP contribution in [0.5, 0.6) is 0 Å². The van der Waals surface area contributed by atoms with Crippen LogP contribution in [-0.2, 0) is 16.0 Å². The summed E-state index contributed by atoms with van der Waals surface area (Å²) in [4.78, 5) is 32.7. The van der Waals surface area contributed by atoms with Crippen LogP contribution in [0.2, 0.25) is 0 Å². The van der Waals surface area contributed by atoms with Gasteiger partial charge in [-0.3, -0.25) is 14.6 Å². The van der Waals surface area contributed by atoms with Gasteiger partial charge in [0.1, 0.15) is 5.01 Å². The van der Waals surface area contributed by atoms with Crippen LogP contribution in [0.15, 0.2) is 59.1 Å². The lowest BCUT2D eigenvalue weighted by molar-refractivity contribution is -0.116. The zero-order chi connectivity index (χ0) is 18.4. The van der Waals surface area contributed by atoms with Crippen molar-refractivity contribution in [1.82, 2.24) is 9.97 Å². The number of hydrogen-bond donors (Lipinski definition) is 2. The van der Waals surface area contributed by atoms with Gasteiger partial charge in [0.05, 0.1) is 23.6 Å². The first-order chi connectivity index (χ1) is 12.6. The quantitative estimate of drug-likeness (QED) is 0.610. The zero-order valence-corrected chi connectivity index (χ0v) is 15.3. The molecular weight excluding hydrogens is 368 g/mol. The van der Waals surface area contributed by atoms with E-state index in [0.29, 0.717) is 11.4 Å². The summed E-state index contributed by atoms with van der Waals surface area (Å²) in [6, 6.07) is 11.1. The normalized spacial score (nSPS) is 10.5. The molecule has 0 unspecified atom stereocenters. The average Bonchev–Trinajstić information content (AvgIpc) is 3.10. The number of thioether (sulfide) groups is 1. The summed E-state index contributed by atoms with van der Waals surface area (Å²) in [5, 5.41) is 5.57. The van der Waals surface area contributed by atoms with E-state index >= 15 is 0 Å². The van der Waals surface area contributed by atoms with E-state index in [2.05, 4.69) is 15.3 Å². The Bertz CT molecular complexity index is 912. The van der Waals surface area contributed by atoms with Crippen LogP contribution in [-0.4, -0.2) is 27.5 Å². The van der Waals surface area contributed by atoms with Gasteiger partial charge >= 0.3 is 0 Å². The highest BCUT2D eigenvalue weighted by molar-refractivity contribution is 8.00. The second-order valence-electron chi connectivity index (χ2n) is 5.36. The fourth-order valence-electron chi connectivity index (χ4n) is 2.21. The van der Waals surface area contributed by atoms with Gasteiger partial charge in [-0.2, -0.15) is 0 Å². The molecule has 0 fully saturated rings. The monoisotopic (exact) mass is 384 g/mol. The molecule has 0 aliphatic rings. The third-order valence-electron chi connectivity index (χ3n) is 3.33. The Morgan fingerprint density at radius 2 is 2.04 bits per heavy atom. The number of nitrogens with zero attached hydrogens (tertiary/aromatic N) is 2. The molecule has 0 spiro atoms. The smallest absolute Gasteiger partial charge is 0.230 e. The topological polar surface area (TPSA) is 98.0 Å². The number of para-hydroxylation sites is 1. The predicted octanol–water partition coefficient (Wildman–Crippen LogP) is 2.96. The SMILES string of the molecule is NC(=O)CSc1ccccc1NC(=O)Cc1csc(-c2cccnc2)n1. The highest BCUT2D eigenvalue weighted by Crippen LogP contribution is 2.27. The molecule has 0 aliphatic heterocycles. The number of carbonyl (C=O) groups is 2. The Balaban J connectivity index is 1.65. The third-order valence-corrected chi connectivity index (χ3v) is 5.37. The summed E-state index contributed by atoms with van der Waals surface area (Å²) in [6.45, 7) is 0. The highest BCUT2D eigenvalue weighted by atomic mass is 32.2. The minimum atomic E-state index is -0.401. The lowest BCUT2D eigenvalue weighted by Crippen LogP contribution is -2.16. The molecule has 3 aromatic rings. The maximum atomic E-state index is 12.4. The third kappa shape index (κ3) is 4.90. The van der Waals surface area contributed by atoms with E-state index in [4.69, 9.17) is 5.73 Å². The van der Waals surface area contributed by atoms with Gasteiger partial charge in [0, 0.05) is 28.2 Å². The second kappa shape index (κ2) is 8.59. The zero-order valence-electron chi connectivity index (χ0n) is 13.7. The van der Waals surface area contributed by atoms with Crippen molar-refractivity contribution in [1.29, 1.82) is 0 Å². The Morgan fingerprint density at radius 3 is 2.81 bits per heavy atom. The number of pyridine rings is 1. The van der Waals surface area contributed by atoms with Crippen molar-refractivity contribution in [3.63, 3.8) is 0 Å². The van der Waals surface area contributed by atoms with Crippen molar-refractivity contribution < 1.29 is 9.59 Å². The van der Waals surface area contributed by atoms with Gasteiger partial charge < -0.3 is 11.1 Å². The molecule has 0 saturated heterocycles.